The number of nitrogens with zero attached hydrogens (tertiary/aromatic N) is 1. The summed E-state index contributed by atoms with van der Waals surface area (Å²) in [6.07, 6.45) is -1.27. The highest BCUT2D eigenvalue weighted by molar-refractivity contribution is 5.77. The van der Waals surface area contributed by atoms with Gasteiger partial charge in [-0.3, -0.25) is 0 Å². The molecule has 82 valence electrons. The minimum atomic E-state index is -1.27. The third kappa shape index (κ3) is 1.86. The molecule has 1 amide bonds. The van der Waals surface area contributed by atoms with E-state index in [1.807, 2.05) is 6.07 Å². The van der Waals surface area contributed by atoms with E-state index >= 15 is 0 Å². The van der Waals surface area contributed by atoms with E-state index in [-0.39, 0.29) is 6.04 Å². The quantitative estimate of drug-likeness (QED) is 0.557. The Labute approximate surface area is 89.2 Å². The van der Waals surface area contributed by atoms with Crippen LogP contribution in [-0.2, 0) is 4.84 Å². The van der Waals surface area contributed by atoms with Crippen LogP contribution in [0.2, 0.25) is 0 Å². The Bertz CT molecular complexity index is 337. The summed E-state index contributed by atoms with van der Waals surface area (Å²) in [5.74, 6) is 0. The van der Waals surface area contributed by atoms with Crippen LogP contribution in [0.5, 0.6) is 0 Å². The Morgan fingerprint density at radius 1 is 1.33 bits per heavy atom. The van der Waals surface area contributed by atoms with E-state index in [9.17, 15) is 9.90 Å². The van der Waals surface area contributed by atoms with Crippen LogP contribution in [0.1, 0.15) is 13.8 Å². The maximum absolute atomic E-state index is 11.2. The summed E-state index contributed by atoms with van der Waals surface area (Å²) in [5.41, 5.74) is 0.551. The number of carbonyl (C=O) groups is 1. The normalized spacial score (nSPS) is 14.9. The van der Waals surface area contributed by atoms with Gasteiger partial charge >= 0.3 is 0 Å². The van der Waals surface area contributed by atoms with Crippen molar-refractivity contribution in [2.75, 3.05) is 7.11 Å². The lowest BCUT2D eigenvalue weighted by atomic mass is 10.2. The van der Waals surface area contributed by atoms with E-state index in [2.05, 4.69) is 0 Å². The third-order valence-electron chi connectivity index (χ3n) is 2.43. The van der Waals surface area contributed by atoms with Gasteiger partial charge in [0.25, 0.3) is 6.09 Å². The molecule has 0 saturated carbocycles. The summed E-state index contributed by atoms with van der Waals surface area (Å²) in [6, 6.07) is 8.52. The van der Waals surface area contributed by atoms with E-state index < -0.39 is 10.7 Å². The van der Waals surface area contributed by atoms with Gasteiger partial charge in [0.15, 0.2) is 5.69 Å². The van der Waals surface area contributed by atoms with Crippen molar-refractivity contribution >= 4 is 11.8 Å². The monoisotopic (exact) mass is 209 g/mol. The molecule has 0 aromatic heterocycles. The van der Waals surface area contributed by atoms with Gasteiger partial charge in [0.2, 0.25) is 0 Å². The van der Waals surface area contributed by atoms with Crippen molar-refractivity contribution in [3.8, 4) is 0 Å². The average molecular weight is 209 g/mol. The van der Waals surface area contributed by atoms with Crippen molar-refractivity contribution in [2.24, 2.45) is 0 Å². The van der Waals surface area contributed by atoms with Gasteiger partial charge in [0.05, 0.1) is 7.11 Å². The van der Waals surface area contributed by atoms with Crippen LogP contribution in [0.3, 0.4) is 0 Å². The highest BCUT2D eigenvalue weighted by atomic mass is 16.7. The van der Waals surface area contributed by atoms with Gasteiger partial charge in [0, 0.05) is 12.1 Å². The lowest BCUT2D eigenvalue weighted by Crippen LogP contribution is -2.63. The third-order valence-corrected chi connectivity index (χ3v) is 2.43. The maximum atomic E-state index is 11.2. The zero-order valence-electron chi connectivity index (χ0n) is 9.14. The smallest absolute Gasteiger partial charge is 0.297 e. The van der Waals surface area contributed by atoms with E-state index in [4.69, 9.17) is 4.84 Å². The number of carbonyl (C=O) groups excluding carboxylic acids is 1. The first kappa shape index (κ1) is 11.7. The van der Waals surface area contributed by atoms with Crippen LogP contribution >= 0.6 is 0 Å². The van der Waals surface area contributed by atoms with Crippen LogP contribution < -0.4 is 9.75 Å². The number of carboxylic acid groups (broad SMARTS) is 1. The van der Waals surface area contributed by atoms with Crippen molar-refractivity contribution < 1.29 is 14.7 Å². The van der Waals surface area contributed by atoms with Crippen LogP contribution in [0, 0.1) is 0 Å². The van der Waals surface area contributed by atoms with Crippen molar-refractivity contribution in [3.05, 3.63) is 30.3 Å². The summed E-state index contributed by atoms with van der Waals surface area (Å²) < 4.78 is -0.624. The molecule has 1 atom stereocenters. The number of amides is 1. The lowest BCUT2D eigenvalue weighted by Gasteiger charge is -2.36. The summed E-state index contributed by atoms with van der Waals surface area (Å²) in [7, 11) is 1.36. The van der Waals surface area contributed by atoms with Gasteiger partial charge in [-0.25, -0.2) is 0 Å². The molecule has 0 aliphatic heterocycles. The number of benzene rings is 1. The van der Waals surface area contributed by atoms with Gasteiger partial charge in [0.1, 0.15) is 6.04 Å². The molecule has 0 saturated heterocycles. The van der Waals surface area contributed by atoms with Crippen molar-refractivity contribution in [1.29, 1.82) is 0 Å². The highest BCUT2D eigenvalue weighted by Gasteiger charge is 2.38. The standard InChI is InChI=1S/C11H15NO3/c1-9(2)12(15-3,11(13)14)10-7-5-4-6-8-10/h4-9H,1-3H3. The molecule has 0 fully saturated rings. The number of hydrogen-bond donors (Lipinski definition) is 0. The molecule has 4 nitrogen and oxygen atoms in total. The summed E-state index contributed by atoms with van der Waals surface area (Å²) in [5, 5.41) is 11.2. The Morgan fingerprint density at radius 2 is 1.87 bits per heavy atom. The Balaban J connectivity index is 3.28. The molecule has 15 heavy (non-hydrogen) atoms. The van der Waals surface area contributed by atoms with Gasteiger partial charge < -0.3 is 9.90 Å². The second-order valence-corrected chi connectivity index (χ2v) is 3.54. The minimum absolute atomic E-state index is 0.262. The van der Waals surface area contributed by atoms with E-state index in [1.165, 1.54) is 7.11 Å². The molecular formula is C11H15NO3. The van der Waals surface area contributed by atoms with E-state index in [1.54, 1.807) is 38.1 Å². The first-order chi connectivity index (χ1) is 7.05. The van der Waals surface area contributed by atoms with E-state index in [0.29, 0.717) is 5.69 Å². The van der Waals surface area contributed by atoms with Crippen LogP contribution in [0.25, 0.3) is 0 Å². The SMILES string of the molecule is CO[N+](C(=O)[O-])(c1ccccc1)C(C)C. The van der Waals surface area contributed by atoms with Gasteiger partial charge in [-0.2, -0.15) is 4.84 Å². The van der Waals surface area contributed by atoms with Crippen LogP contribution in [-0.4, -0.2) is 19.2 Å². The number of rotatable bonds is 3. The Hall–Kier alpha value is -1.39. The number of quaternary nitrogens is 1. The Morgan fingerprint density at radius 3 is 2.20 bits per heavy atom. The van der Waals surface area contributed by atoms with Crippen LogP contribution in [0.4, 0.5) is 10.5 Å². The minimum Gasteiger partial charge on any atom is -0.496 e. The van der Waals surface area contributed by atoms with Crippen molar-refractivity contribution in [2.45, 2.75) is 19.9 Å². The highest BCUT2D eigenvalue weighted by Crippen LogP contribution is 2.26. The molecule has 0 aliphatic carbocycles. The fourth-order valence-electron chi connectivity index (χ4n) is 1.65. The molecule has 0 radical (unpaired) electrons. The van der Waals surface area contributed by atoms with Crippen LogP contribution in [0.15, 0.2) is 30.3 Å². The first-order valence-corrected chi connectivity index (χ1v) is 4.77. The molecule has 0 aliphatic rings. The fraction of sp³-hybridized carbons (Fsp3) is 0.364. The number of hydroxylamine groups is 2. The van der Waals surface area contributed by atoms with E-state index in [0.717, 1.165) is 0 Å². The topological polar surface area (TPSA) is 49.4 Å². The largest absolute Gasteiger partial charge is 0.496 e. The molecule has 0 N–H and O–H groups in total. The lowest BCUT2D eigenvalue weighted by molar-refractivity contribution is -0.299. The molecule has 0 spiro atoms. The molecular weight excluding hydrogens is 194 g/mol. The molecule has 4 heteroatoms. The molecule has 0 bridgehead atoms. The molecule has 0 heterocycles. The van der Waals surface area contributed by atoms with Gasteiger partial charge in [-0.05, 0) is 13.8 Å². The fourth-order valence-corrected chi connectivity index (χ4v) is 1.65. The number of hydrogen-bond acceptors (Lipinski definition) is 3. The second-order valence-electron chi connectivity index (χ2n) is 3.54. The molecule has 1 aromatic rings. The zero-order chi connectivity index (χ0) is 11.5. The predicted molar refractivity (Wildman–Crippen MR) is 55.8 cm³/mol. The zero-order valence-corrected chi connectivity index (χ0v) is 9.14. The summed E-state index contributed by atoms with van der Waals surface area (Å²) in [6.45, 7) is 3.54. The van der Waals surface area contributed by atoms with Gasteiger partial charge in [-0.15, -0.1) is 0 Å². The molecule has 1 unspecified atom stereocenters. The van der Waals surface area contributed by atoms with Gasteiger partial charge in [-0.1, -0.05) is 22.8 Å². The summed E-state index contributed by atoms with van der Waals surface area (Å²) >= 11 is 0. The van der Waals surface area contributed by atoms with Crippen molar-refractivity contribution in [1.82, 2.24) is 4.65 Å². The maximum Gasteiger partial charge on any atom is 0.297 e. The molecule has 1 rings (SSSR count). The Kier molecular flexibility index (Phi) is 3.44. The average Bonchev–Trinajstić information content (AvgIpc) is 2.20. The molecule has 1 aromatic carbocycles. The second kappa shape index (κ2) is 4.42. The first-order valence-electron chi connectivity index (χ1n) is 4.77. The number of para-hydroxylation sites is 1. The van der Waals surface area contributed by atoms with Crippen molar-refractivity contribution in [3.63, 3.8) is 0 Å². The predicted octanol–water partition coefficient (Wildman–Crippen LogP) is 1.31. The summed E-state index contributed by atoms with van der Waals surface area (Å²) in [4.78, 5) is 16.4.